The zero-order chi connectivity index (χ0) is 16.5. The van der Waals surface area contributed by atoms with Crippen molar-refractivity contribution in [3.05, 3.63) is 52.8 Å². The van der Waals surface area contributed by atoms with Gasteiger partial charge in [-0.3, -0.25) is 9.89 Å². The summed E-state index contributed by atoms with van der Waals surface area (Å²) < 4.78 is 0. The van der Waals surface area contributed by atoms with Gasteiger partial charge in [-0.2, -0.15) is 5.10 Å². The number of aliphatic hydroxyl groups excluding tert-OH is 1. The van der Waals surface area contributed by atoms with Crippen LogP contribution in [0.1, 0.15) is 71.2 Å². The highest BCUT2D eigenvalue weighted by Gasteiger charge is 2.33. The molecule has 3 N–H and O–H groups in total. The molecule has 1 fully saturated rings. The van der Waals surface area contributed by atoms with E-state index in [1.54, 1.807) is 6.20 Å². The number of nitrogens with zero attached hydrogens (tertiary/aromatic N) is 1. The van der Waals surface area contributed by atoms with Crippen molar-refractivity contribution >= 4 is 5.91 Å². The lowest BCUT2D eigenvalue weighted by atomic mass is 9.85. The first-order chi connectivity index (χ1) is 11.7. The summed E-state index contributed by atoms with van der Waals surface area (Å²) in [5.41, 5.74) is 3.70. The summed E-state index contributed by atoms with van der Waals surface area (Å²) in [7, 11) is 0. The van der Waals surface area contributed by atoms with Gasteiger partial charge in [-0.05, 0) is 24.0 Å². The van der Waals surface area contributed by atoms with Gasteiger partial charge in [0.15, 0.2) is 0 Å². The van der Waals surface area contributed by atoms with Crippen LogP contribution >= 0.6 is 0 Å². The average molecular weight is 325 g/mol. The molecule has 0 radical (unpaired) electrons. The summed E-state index contributed by atoms with van der Waals surface area (Å²) in [5, 5.41) is 20.5. The van der Waals surface area contributed by atoms with E-state index in [9.17, 15) is 9.90 Å². The second kappa shape index (κ2) is 6.40. The molecule has 126 valence electrons. The number of carbonyl (C=O) groups excluding carboxylic acids is 1. The van der Waals surface area contributed by atoms with Gasteiger partial charge in [0, 0.05) is 12.3 Å². The van der Waals surface area contributed by atoms with Crippen LogP contribution in [0.3, 0.4) is 0 Å². The topological polar surface area (TPSA) is 78.0 Å². The molecule has 1 amide bonds. The first-order valence-electron chi connectivity index (χ1n) is 8.84. The van der Waals surface area contributed by atoms with E-state index in [0.29, 0.717) is 17.9 Å². The number of carbonyl (C=O) groups is 1. The molecule has 2 aromatic rings. The predicted molar refractivity (Wildman–Crippen MR) is 90.8 cm³/mol. The number of aromatic nitrogens is 2. The van der Waals surface area contributed by atoms with Crippen molar-refractivity contribution in [2.75, 3.05) is 0 Å². The lowest BCUT2D eigenvalue weighted by molar-refractivity contribution is 0.0856. The molecule has 5 nitrogen and oxygen atoms in total. The lowest BCUT2D eigenvalue weighted by Gasteiger charge is -2.22. The van der Waals surface area contributed by atoms with E-state index < -0.39 is 6.10 Å². The van der Waals surface area contributed by atoms with Crippen LogP contribution in [0.4, 0.5) is 0 Å². The molecule has 1 heterocycles. The predicted octanol–water partition coefficient (Wildman–Crippen LogP) is 2.85. The molecule has 4 rings (SSSR count). The standard InChI is InChI=1S/C19H23N3O2/c23-16-10-13-8-4-5-9-14(13)18(16)21-19(24)15-11-20-22-17(15)12-6-2-1-3-7-12/h4-5,8-9,11-12,16,18,23H,1-3,6-7,10H2,(H,20,22)(H,21,24)/t16-,18+/m0/s1. The Hall–Kier alpha value is -2.14. The third-order valence-corrected chi connectivity index (χ3v) is 5.42. The van der Waals surface area contributed by atoms with Crippen LogP contribution in [0, 0.1) is 0 Å². The van der Waals surface area contributed by atoms with Gasteiger partial charge in [-0.1, -0.05) is 43.5 Å². The van der Waals surface area contributed by atoms with Crippen LogP contribution in [0.25, 0.3) is 0 Å². The number of hydrogen-bond donors (Lipinski definition) is 3. The second-order valence-electron chi connectivity index (χ2n) is 6.95. The summed E-state index contributed by atoms with van der Waals surface area (Å²) in [5.74, 6) is 0.243. The van der Waals surface area contributed by atoms with E-state index in [1.165, 1.54) is 19.3 Å². The maximum Gasteiger partial charge on any atom is 0.255 e. The molecule has 2 aliphatic carbocycles. The fourth-order valence-electron chi connectivity index (χ4n) is 4.15. The Labute approximate surface area is 141 Å². The van der Waals surface area contributed by atoms with E-state index >= 15 is 0 Å². The van der Waals surface area contributed by atoms with Crippen LogP contribution in [-0.4, -0.2) is 27.3 Å². The van der Waals surface area contributed by atoms with E-state index in [-0.39, 0.29) is 11.9 Å². The van der Waals surface area contributed by atoms with Gasteiger partial charge >= 0.3 is 0 Å². The molecule has 24 heavy (non-hydrogen) atoms. The Kier molecular flexibility index (Phi) is 4.10. The zero-order valence-electron chi connectivity index (χ0n) is 13.7. The van der Waals surface area contributed by atoms with Crippen molar-refractivity contribution in [2.45, 2.75) is 56.6 Å². The summed E-state index contributed by atoms with van der Waals surface area (Å²) in [6, 6.07) is 7.56. The highest BCUT2D eigenvalue weighted by atomic mass is 16.3. The fraction of sp³-hybridized carbons (Fsp3) is 0.474. The summed E-state index contributed by atoms with van der Waals surface area (Å²) in [6.45, 7) is 0. The number of hydrogen-bond acceptors (Lipinski definition) is 3. The van der Waals surface area contributed by atoms with E-state index in [0.717, 1.165) is 29.7 Å². The van der Waals surface area contributed by atoms with Crippen LogP contribution < -0.4 is 5.32 Å². The van der Waals surface area contributed by atoms with Crippen molar-refractivity contribution < 1.29 is 9.90 Å². The highest BCUT2D eigenvalue weighted by molar-refractivity contribution is 5.95. The van der Waals surface area contributed by atoms with Gasteiger partial charge in [0.05, 0.1) is 29.6 Å². The number of benzene rings is 1. The summed E-state index contributed by atoms with van der Waals surface area (Å²) >= 11 is 0. The minimum absolute atomic E-state index is 0.148. The lowest BCUT2D eigenvalue weighted by Crippen LogP contribution is -2.34. The highest BCUT2D eigenvalue weighted by Crippen LogP contribution is 2.34. The number of nitrogens with one attached hydrogen (secondary N) is 2. The van der Waals surface area contributed by atoms with Crippen molar-refractivity contribution in [3.8, 4) is 0 Å². The molecule has 0 saturated heterocycles. The van der Waals surface area contributed by atoms with E-state index in [1.807, 2.05) is 24.3 Å². The molecule has 0 aliphatic heterocycles. The minimum atomic E-state index is -0.573. The molecule has 2 atom stereocenters. The zero-order valence-corrected chi connectivity index (χ0v) is 13.7. The SMILES string of the molecule is O=C(N[C@@H]1c2ccccc2C[C@@H]1O)c1cn[nH]c1C1CCCCC1. The third-order valence-electron chi connectivity index (χ3n) is 5.42. The molecule has 1 saturated carbocycles. The number of aromatic amines is 1. The van der Waals surface area contributed by atoms with Gasteiger partial charge in [-0.15, -0.1) is 0 Å². The average Bonchev–Trinajstić information content (AvgIpc) is 3.21. The Bertz CT molecular complexity index is 734. The fourth-order valence-corrected chi connectivity index (χ4v) is 4.15. The molecular formula is C19H23N3O2. The quantitative estimate of drug-likeness (QED) is 0.812. The maximum atomic E-state index is 12.8. The van der Waals surface area contributed by atoms with Crippen LogP contribution in [0.5, 0.6) is 0 Å². The molecule has 0 unspecified atom stereocenters. The number of rotatable bonds is 3. The van der Waals surface area contributed by atoms with Crippen LogP contribution in [-0.2, 0) is 6.42 Å². The smallest absolute Gasteiger partial charge is 0.255 e. The van der Waals surface area contributed by atoms with Gasteiger partial charge in [0.25, 0.3) is 5.91 Å². The Morgan fingerprint density at radius 2 is 2.00 bits per heavy atom. The molecule has 5 heteroatoms. The van der Waals surface area contributed by atoms with E-state index in [4.69, 9.17) is 0 Å². The normalized spacial score (nSPS) is 23.9. The summed E-state index contributed by atoms with van der Waals surface area (Å²) in [6.07, 6.45) is 7.54. The van der Waals surface area contributed by atoms with E-state index in [2.05, 4.69) is 15.5 Å². The van der Waals surface area contributed by atoms with Gasteiger partial charge in [0.2, 0.25) is 0 Å². The first kappa shape index (κ1) is 15.4. The largest absolute Gasteiger partial charge is 0.390 e. The molecule has 0 spiro atoms. The Morgan fingerprint density at radius 1 is 1.21 bits per heavy atom. The molecule has 2 aliphatic rings. The number of fused-ring (bicyclic) bond motifs is 1. The monoisotopic (exact) mass is 325 g/mol. The number of amides is 1. The van der Waals surface area contributed by atoms with Crippen molar-refractivity contribution in [1.29, 1.82) is 0 Å². The first-order valence-corrected chi connectivity index (χ1v) is 8.84. The van der Waals surface area contributed by atoms with Gasteiger partial charge < -0.3 is 10.4 Å². The van der Waals surface area contributed by atoms with Crippen molar-refractivity contribution in [1.82, 2.24) is 15.5 Å². The number of aliphatic hydroxyl groups is 1. The third kappa shape index (κ3) is 2.73. The number of H-pyrrole nitrogens is 1. The van der Waals surface area contributed by atoms with Crippen LogP contribution in [0.2, 0.25) is 0 Å². The second-order valence-corrected chi connectivity index (χ2v) is 6.95. The Balaban J connectivity index is 1.54. The van der Waals surface area contributed by atoms with Crippen LogP contribution in [0.15, 0.2) is 30.5 Å². The van der Waals surface area contributed by atoms with Crippen molar-refractivity contribution in [2.24, 2.45) is 0 Å². The van der Waals surface area contributed by atoms with Gasteiger partial charge in [-0.25, -0.2) is 0 Å². The van der Waals surface area contributed by atoms with Gasteiger partial charge in [0.1, 0.15) is 0 Å². The summed E-state index contributed by atoms with van der Waals surface area (Å²) in [4.78, 5) is 12.8. The molecule has 0 bridgehead atoms. The van der Waals surface area contributed by atoms with Crippen molar-refractivity contribution in [3.63, 3.8) is 0 Å². The molecule has 1 aromatic carbocycles. The molecular weight excluding hydrogens is 302 g/mol. The molecule has 1 aromatic heterocycles. The Morgan fingerprint density at radius 3 is 2.83 bits per heavy atom. The minimum Gasteiger partial charge on any atom is -0.390 e. The maximum absolute atomic E-state index is 12.8.